The van der Waals surface area contributed by atoms with Crippen LogP contribution < -0.4 is 4.72 Å². The summed E-state index contributed by atoms with van der Waals surface area (Å²) in [4.78, 5) is 18.2. The van der Waals surface area contributed by atoms with Crippen LogP contribution in [0.1, 0.15) is 10.5 Å². The van der Waals surface area contributed by atoms with Crippen LogP contribution in [0.2, 0.25) is 0 Å². The minimum absolute atomic E-state index is 0.0761. The number of aromatic nitrogens is 2. The van der Waals surface area contributed by atoms with E-state index < -0.39 is 21.7 Å². The summed E-state index contributed by atoms with van der Waals surface area (Å²) < 4.78 is 26.4. The van der Waals surface area contributed by atoms with Crippen molar-refractivity contribution in [3.8, 4) is 0 Å². The molecule has 0 atom stereocenters. The molecule has 2 heterocycles. The number of pyridine rings is 1. The van der Waals surface area contributed by atoms with Gasteiger partial charge in [0.1, 0.15) is 0 Å². The van der Waals surface area contributed by atoms with E-state index in [1.807, 2.05) is 0 Å². The van der Waals surface area contributed by atoms with E-state index in [2.05, 4.69) is 30.6 Å². The Morgan fingerprint density at radius 1 is 1.42 bits per heavy atom. The van der Waals surface area contributed by atoms with Gasteiger partial charge in [0.05, 0.1) is 9.98 Å². The lowest BCUT2D eigenvalue weighted by Crippen LogP contribution is -2.16. The number of carboxylic acids is 1. The average Bonchev–Trinajstić information content (AvgIpc) is 2.82. The molecular formula is C9H6BrN3O4S2. The Morgan fingerprint density at radius 2 is 2.16 bits per heavy atom. The molecule has 100 valence electrons. The second-order valence-electron chi connectivity index (χ2n) is 3.23. The summed E-state index contributed by atoms with van der Waals surface area (Å²) in [5.74, 6) is -1.33. The zero-order chi connectivity index (χ0) is 14.0. The van der Waals surface area contributed by atoms with Crippen molar-refractivity contribution < 1.29 is 18.3 Å². The van der Waals surface area contributed by atoms with Crippen molar-refractivity contribution in [2.24, 2.45) is 0 Å². The van der Waals surface area contributed by atoms with Gasteiger partial charge in [-0.1, -0.05) is 0 Å². The maximum Gasteiger partial charge on any atom is 0.356 e. The number of rotatable bonds is 4. The number of halogens is 1. The number of hydrogen-bond acceptors (Lipinski definition) is 6. The fourth-order valence-electron chi connectivity index (χ4n) is 1.20. The van der Waals surface area contributed by atoms with Gasteiger partial charge in [-0.25, -0.2) is 23.2 Å². The maximum absolute atomic E-state index is 12.1. The molecule has 2 aromatic heterocycles. The molecule has 0 radical (unpaired) electrons. The molecule has 0 aliphatic rings. The number of carbonyl (C=O) groups is 1. The fraction of sp³-hybridized carbons (Fsp3) is 0. The first kappa shape index (κ1) is 13.9. The molecule has 19 heavy (non-hydrogen) atoms. The highest BCUT2D eigenvalue weighted by molar-refractivity contribution is 9.10. The Bertz CT molecular complexity index is 729. The van der Waals surface area contributed by atoms with Crippen LogP contribution in [0, 0.1) is 0 Å². The van der Waals surface area contributed by atoms with E-state index >= 15 is 0 Å². The summed E-state index contributed by atoms with van der Waals surface area (Å²) in [7, 11) is -4.04. The topological polar surface area (TPSA) is 109 Å². The molecule has 0 bridgehead atoms. The lowest BCUT2D eigenvalue weighted by atomic mass is 10.5. The molecule has 0 unspecified atom stereocenters. The largest absolute Gasteiger partial charge is 0.476 e. The van der Waals surface area contributed by atoms with E-state index in [9.17, 15) is 13.2 Å². The molecule has 7 nitrogen and oxygen atoms in total. The van der Waals surface area contributed by atoms with Crippen LogP contribution in [0.15, 0.2) is 32.5 Å². The number of nitrogens with zero attached hydrogens (tertiary/aromatic N) is 2. The first-order valence-electron chi connectivity index (χ1n) is 4.72. The molecule has 2 N–H and O–H groups in total. The monoisotopic (exact) mass is 363 g/mol. The van der Waals surface area contributed by atoms with E-state index in [4.69, 9.17) is 5.11 Å². The molecular weight excluding hydrogens is 358 g/mol. The van der Waals surface area contributed by atoms with Gasteiger partial charge >= 0.3 is 5.97 Å². The minimum atomic E-state index is -4.04. The molecule has 0 saturated carbocycles. The van der Waals surface area contributed by atoms with Crippen molar-refractivity contribution in [1.82, 2.24) is 9.97 Å². The molecule has 0 amide bonds. The molecule has 10 heteroatoms. The van der Waals surface area contributed by atoms with Gasteiger partial charge in [-0.15, -0.1) is 11.3 Å². The molecule has 0 spiro atoms. The number of carboxylic acid groups (broad SMARTS) is 1. The Morgan fingerprint density at radius 3 is 2.79 bits per heavy atom. The van der Waals surface area contributed by atoms with E-state index in [0.29, 0.717) is 4.47 Å². The number of nitrogens with one attached hydrogen (secondary N) is 1. The van der Waals surface area contributed by atoms with Crippen LogP contribution >= 0.6 is 27.3 Å². The van der Waals surface area contributed by atoms with Crippen molar-refractivity contribution in [2.45, 2.75) is 4.21 Å². The van der Waals surface area contributed by atoms with Crippen molar-refractivity contribution in [1.29, 1.82) is 0 Å². The molecule has 2 rings (SSSR count). The van der Waals surface area contributed by atoms with Crippen LogP contribution in [-0.2, 0) is 10.0 Å². The first-order valence-corrected chi connectivity index (χ1v) is 7.87. The predicted molar refractivity (Wildman–Crippen MR) is 71.8 cm³/mol. The molecule has 0 aliphatic carbocycles. The second kappa shape index (κ2) is 5.23. The summed E-state index contributed by atoms with van der Waals surface area (Å²) in [6.07, 6.45) is 1.41. The van der Waals surface area contributed by atoms with Crippen LogP contribution in [-0.4, -0.2) is 29.5 Å². The molecule has 0 saturated heterocycles. The zero-order valence-corrected chi connectivity index (χ0v) is 12.3. The lowest BCUT2D eigenvalue weighted by Gasteiger charge is -2.07. The third-order valence-electron chi connectivity index (χ3n) is 1.97. The fourth-order valence-corrected chi connectivity index (χ4v) is 3.86. The minimum Gasteiger partial charge on any atom is -0.476 e. The van der Waals surface area contributed by atoms with Gasteiger partial charge in [-0.2, -0.15) is 0 Å². The van der Waals surface area contributed by atoms with E-state index in [1.165, 1.54) is 6.20 Å². The third-order valence-corrected chi connectivity index (χ3v) is 5.32. The Kier molecular flexibility index (Phi) is 3.83. The summed E-state index contributed by atoms with van der Waals surface area (Å²) in [6.45, 7) is 0. The van der Waals surface area contributed by atoms with Gasteiger partial charge in [0.2, 0.25) is 0 Å². The average molecular weight is 364 g/mol. The Balaban J connectivity index is 2.41. The van der Waals surface area contributed by atoms with Gasteiger partial charge in [0, 0.05) is 6.20 Å². The normalized spacial score (nSPS) is 11.2. The highest BCUT2D eigenvalue weighted by atomic mass is 79.9. The van der Waals surface area contributed by atoms with Gasteiger partial charge < -0.3 is 5.11 Å². The van der Waals surface area contributed by atoms with Crippen LogP contribution in [0.4, 0.5) is 5.82 Å². The highest BCUT2D eigenvalue weighted by Crippen LogP contribution is 2.25. The Hall–Kier alpha value is -1.52. The van der Waals surface area contributed by atoms with Gasteiger partial charge in [-0.3, -0.25) is 4.72 Å². The van der Waals surface area contributed by atoms with E-state index in [1.54, 1.807) is 12.1 Å². The quantitative estimate of drug-likeness (QED) is 0.856. The van der Waals surface area contributed by atoms with Gasteiger partial charge in [0.25, 0.3) is 10.0 Å². The number of thiazole rings is 1. The summed E-state index contributed by atoms with van der Waals surface area (Å²) in [5.41, 5.74) is 0.649. The van der Waals surface area contributed by atoms with Crippen LogP contribution in [0.3, 0.4) is 0 Å². The smallest absolute Gasteiger partial charge is 0.356 e. The summed E-state index contributed by atoms with van der Waals surface area (Å²) in [5, 5.41) is 8.87. The predicted octanol–water partition coefficient (Wildman–Crippen LogP) is 1.80. The van der Waals surface area contributed by atoms with Crippen molar-refractivity contribution in [3.63, 3.8) is 0 Å². The van der Waals surface area contributed by atoms with Crippen LogP contribution in [0.25, 0.3) is 0 Å². The van der Waals surface area contributed by atoms with E-state index in [0.717, 1.165) is 16.8 Å². The standard InChI is InChI=1S/C9H6BrN3O4S2/c10-5-2-1-3-11-7(5)13-19(16,17)9-6(8(14)15)12-4-18-9/h1-4H,(H,11,13)(H,14,15). The SMILES string of the molecule is O=C(O)c1ncsc1S(=O)(=O)Nc1ncccc1Br. The first-order chi connectivity index (χ1) is 8.92. The Labute approximate surface area is 120 Å². The number of aromatic carboxylic acids is 1. The van der Waals surface area contributed by atoms with Crippen molar-refractivity contribution >= 4 is 49.1 Å². The molecule has 0 aromatic carbocycles. The van der Waals surface area contributed by atoms with Crippen molar-refractivity contribution in [2.75, 3.05) is 4.72 Å². The zero-order valence-electron chi connectivity index (χ0n) is 9.07. The van der Waals surface area contributed by atoms with Crippen molar-refractivity contribution in [3.05, 3.63) is 34.0 Å². The lowest BCUT2D eigenvalue weighted by molar-refractivity contribution is 0.0687. The molecule has 2 aromatic rings. The summed E-state index contributed by atoms with van der Waals surface area (Å²) in [6, 6.07) is 3.23. The second-order valence-corrected chi connectivity index (χ2v) is 6.82. The summed E-state index contributed by atoms with van der Waals surface area (Å²) >= 11 is 3.87. The van der Waals surface area contributed by atoms with Crippen LogP contribution in [0.5, 0.6) is 0 Å². The van der Waals surface area contributed by atoms with Gasteiger partial charge in [-0.05, 0) is 28.1 Å². The number of hydrogen-bond donors (Lipinski definition) is 2. The molecule has 0 fully saturated rings. The maximum atomic E-state index is 12.1. The number of anilines is 1. The highest BCUT2D eigenvalue weighted by Gasteiger charge is 2.26. The van der Waals surface area contributed by atoms with E-state index in [-0.39, 0.29) is 10.0 Å². The molecule has 0 aliphatic heterocycles. The van der Waals surface area contributed by atoms with Gasteiger partial charge in [0.15, 0.2) is 15.7 Å². The third kappa shape index (κ3) is 2.91. The number of sulfonamides is 1.